The third-order valence-electron chi connectivity index (χ3n) is 20.3. The average molecular weight is 1390 g/mol. The number of fused-ring (bicyclic) bond motifs is 7. The smallest absolute Gasteiger partial charge is 0.338 e. The summed E-state index contributed by atoms with van der Waals surface area (Å²) in [6, 6.07) is 121. The molecule has 12 nitrogen and oxygen atoms in total. The van der Waals surface area contributed by atoms with E-state index in [-0.39, 0.29) is 19.9 Å². The quantitative estimate of drug-likeness (QED) is 0.0677. The van der Waals surface area contributed by atoms with Gasteiger partial charge in [0, 0.05) is 78.2 Å². The molecule has 2 aliphatic rings. The highest BCUT2D eigenvalue weighted by atomic mass is 16.5. The molecule has 2 aliphatic heterocycles. The first-order valence-electron chi connectivity index (χ1n) is 36.0. The largest absolute Gasteiger partial charge is 0.457 e. The third-order valence-corrected chi connectivity index (χ3v) is 20.3. The van der Waals surface area contributed by atoms with Gasteiger partial charge in [-0.05, 0) is 130 Å². The number of anilines is 6. The maximum Gasteiger partial charge on any atom is 0.338 e. The molecule has 14 aromatic carbocycles. The predicted molar refractivity (Wildman–Crippen MR) is 433 cm³/mol. The minimum absolute atomic E-state index is 0.0726. The lowest BCUT2D eigenvalue weighted by atomic mass is 9.33. The number of rotatable bonds is 16. The number of carbonyl (C=O) groups is 2. The van der Waals surface area contributed by atoms with Gasteiger partial charge in [-0.3, -0.25) is 0 Å². The summed E-state index contributed by atoms with van der Waals surface area (Å²) in [5, 5.41) is 1.39. The van der Waals surface area contributed by atoms with E-state index in [0.717, 1.165) is 101 Å². The van der Waals surface area contributed by atoms with Crippen molar-refractivity contribution in [2.45, 2.75) is 13.2 Å². The van der Waals surface area contributed by atoms with Crippen LogP contribution in [0.3, 0.4) is 0 Å². The average Bonchev–Trinajstić information content (AvgIpc) is 0.842. The highest BCUT2D eigenvalue weighted by Crippen LogP contribution is 2.49. The fraction of sp³-hybridized carbons (Fsp3) is 0.0211. The number of esters is 2. The molecule has 510 valence electrons. The summed E-state index contributed by atoms with van der Waals surface area (Å²) in [5.41, 5.74) is 23.1. The molecule has 0 spiro atoms. The fourth-order valence-corrected chi connectivity index (χ4v) is 15.3. The number of para-hydroxylation sites is 4. The normalized spacial score (nSPS) is 12.0. The Morgan fingerprint density at radius 3 is 1.25 bits per heavy atom. The number of benzene rings is 14. The van der Waals surface area contributed by atoms with Gasteiger partial charge in [0.2, 0.25) is 0 Å². The summed E-state index contributed by atoms with van der Waals surface area (Å²) < 4.78 is 14.1. The summed E-state index contributed by atoms with van der Waals surface area (Å²) in [4.78, 5) is 60.4. The molecule has 19 rings (SSSR count). The van der Waals surface area contributed by atoms with E-state index in [1.54, 1.807) is 12.1 Å². The van der Waals surface area contributed by atoms with Gasteiger partial charge in [-0.25, -0.2) is 34.5 Å². The Labute approximate surface area is 623 Å². The van der Waals surface area contributed by atoms with E-state index in [0.29, 0.717) is 62.1 Å². The summed E-state index contributed by atoms with van der Waals surface area (Å²) in [6.45, 7) is 0.104. The summed E-state index contributed by atoms with van der Waals surface area (Å²) in [7, 11) is 0. The van der Waals surface area contributed by atoms with Gasteiger partial charge in [0.1, 0.15) is 13.2 Å². The van der Waals surface area contributed by atoms with Crippen molar-refractivity contribution >= 4 is 91.0 Å². The molecule has 0 amide bonds. The highest BCUT2D eigenvalue weighted by molar-refractivity contribution is 7.00. The zero-order chi connectivity index (χ0) is 72.0. The Morgan fingerprint density at radius 2 is 0.713 bits per heavy atom. The van der Waals surface area contributed by atoms with Gasteiger partial charge in [-0.15, -0.1) is 0 Å². The van der Waals surface area contributed by atoms with Gasteiger partial charge in [-0.1, -0.05) is 261 Å². The second-order valence-electron chi connectivity index (χ2n) is 26.9. The number of hydrogen-bond donors (Lipinski definition) is 0. The molecule has 0 fully saturated rings. The Bertz CT molecular complexity index is 6110. The van der Waals surface area contributed by atoms with Crippen LogP contribution < -0.4 is 26.2 Å². The molecule has 0 saturated heterocycles. The molecule has 3 aromatic heterocycles. The summed E-state index contributed by atoms with van der Waals surface area (Å²) >= 11 is 0. The molecule has 0 bridgehead atoms. The van der Waals surface area contributed by atoms with Crippen molar-refractivity contribution in [3.8, 4) is 84.9 Å². The minimum Gasteiger partial charge on any atom is -0.457 e. The zero-order valence-corrected chi connectivity index (χ0v) is 58.3. The van der Waals surface area contributed by atoms with Crippen LogP contribution in [0.15, 0.2) is 358 Å². The number of hydrogen-bond acceptors (Lipinski definition) is 11. The molecule has 17 aromatic rings. The number of aromatic nitrogens is 6. The van der Waals surface area contributed by atoms with Gasteiger partial charge in [-0.2, -0.15) is 0 Å². The van der Waals surface area contributed by atoms with Crippen LogP contribution in [-0.4, -0.2) is 48.1 Å². The second kappa shape index (κ2) is 27.6. The molecule has 5 heterocycles. The Balaban J connectivity index is 0.806. The molecule has 0 atom stereocenters. The van der Waals surface area contributed by atoms with Crippen LogP contribution in [0.2, 0.25) is 0 Å². The van der Waals surface area contributed by atoms with Crippen molar-refractivity contribution in [2.24, 2.45) is 0 Å². The van der Waals surface area contributed by atoms with Crippen molar-refractivity contribution in [2.75, 3.05) is 9.80 Å². The van der Waals surface area contributed by atoms with E-state index in [1.165, 1.54) is 16.4 Å². The monoisotopic (exact) mass is 1390 g/mol. The van der Waals surface area contributed by atoms with E-state index in [1.807, 2.05) is 170 Å². The molecular weight excluding hydrogens is 1330 g/mol. The Kier molecular flexibility index (Phi) is 16.5. The zero-order valence-electron chi connectivity index (χ0n) is 58.3. The lowest BCUT2D eigenvalue weighted by molar-refractivity contribution is 0.0464. The SMILES string of the molecule is O=C(OCc1ccccc1)c1ccc2c(c1)c1cc(C(=O)OCc3ccccc3)ccc1n2-c1ccc(-c2cc(-c3ccccc3)nc(-c3ccccc3)n2)cc1-c1nc(-c2ccccc2)nc(-c2ccc(-c3ccc4c5c3N(c3ccccc3)c3ccccc3B5c3ccccc3N4c3ccccc3)cc2)n1. The van der Waals surface area contributed by atoms with E-state index in [9.17, 15) is 9.59 Å². The highest BCUT2D eigenvalue weighted by Gasteiger charge is 2.44. The fourth-order valence-electron chi connectivity index (χ4n) is 15.3. The van der Waals surface area contributed by atoms with Crippen molar-refractivity contribution < 1.29 is 19.1 Å². The molecule has 0 saturated carbocycles. The molecule has 0 unspecified atom stereocenters. The van der Waals surface area contributed by atoms with E-state index >= 15 is 0 Å². The molecule has 0 N–H and O–H groups in total. The number of carbonyl (C=O) groups excluding carboxylic acids is 2. The van der Waals surface area contributed by atoms with Gasteiger partial charge < -0.3 is 23.8 Å². The van der Waals surface area contributed by atoms with Crippen molar-refractivity contribution in [3.05, 3.63) is 380 Å². The Hall–Kier alpha value is -14.4. The molecular formula is C95H63BN8O4. The first-order valence-corrected chi connectivity index (χ1v) is 36.0. The second-order valence-corrected chi connectivity index (χ2v) is 26.9. The molecule has 0 radical (unpaired) electrons. The minimum atomic E-state index is -0.494. The van der Waals surface area contributed by atoms with Gasteiger partial charge >= 0.3 is 11.9 Å². The van der Waals surface area contributed by atoms with Crippen molar-refractivity contribution in [1.29, 1.82) is 0 Å². The van der Waals surface area contributed by atoms with Crippen molar-refractivity contribution in [1.82, 2.24) is 29.5 Å². The van der Waals surface area contributed by atoms with Crippen LogP contribution in [0, 0.1) is 0 Å². The first-order chi connectivity index (χ1) is 53.4. The van der Waals surface area contributed by atoms with Gasteiger partial charge in [0.25, 0.3) is 6.71 Å². The standard InChI is InChI=1S/C95H63BN8O4/c105-94(107-60-62-26-8-1-9-27-62)70-49-53-82-75(57-70)76-58-71(95(106)108-61-63-28-10-2-11-29-63)50-54-83(76)104(82)84-52-48-69(81-59-80(65-30-12-3-13-31-65)97-90(98-81)66-32-14-4-15-33-66)56-77(84)93-100-91(67-34-16-5-17-35-67)99-92(101-93)68-46-44-64(45-47-68)74-51-55-87-88-89(74)103(73-38-20-7-21-39-73)86-43-25-23-41-79(86)96(88)78-40-22-24-42-85(78)102(87)72-36-18-6-19-37-72/h1-59H,60-61H2. The van der Waals surface area contributed by atoms with Gasteiger partial charge in [0.15, 0.2) is 23.3 Å². The topological polar surface area (TPSA) is 128 Å². The number of nitrogens with zero attached hydrogens (tertiary/aromatic N) is 8. The first kappa shape index (κ1) is 64.4. The molecule has 108 heavy (non-hydrogen) atoms. The predicted octanol–water partition coefficient (Wildman–Crippen LogP) is 20.2. The van der Waals surface area contributed by atoms with Crippen LogP contribution in [0.1, 0.15) is 31.8 Å². The van der Waals surface area contributed by atoms with Crippen LogP contribution in [0.4, 0.5) is 34.1 Å². The summed E-state index contributed by atoms with van der Waals surface area (Å²) in [5.74, 6) is 0.856. The van der Waals surface area contributed by atoms with Crippen LogP contribution in [-0.2, 0) is 22.7 Å². The van der Waals surface area contributed by atoms with E-state index in [2.05, 4.69) is 190 Å². The maximum absolute atomic E-state index is 14.3. The van der Waals surface area contributed by atoms with Crippen molar-refractivity contribution in [3.63, 3.8) is 0 Å². The lowest BCUT2D eigenvalue weighted by Gasteiger charge is -2.45. The van der Waals surface area contributed by atoms with Crippen LogP contribution >= 0.6 is 0 Å². The number of ether oxygens (including phenoxy) is 2. The van der Waals surface area contributed by atoms with E-state index in [4.69, 9.17) is 34.4 Å². The molecule has 0 aliphatic carbocycles. The molecule has 13 heteroatoms. The van der Waals surface area contributed by atoms with Crippen LogP contribution in [0.25, 0.3) is 107 Å². The van der Waals surface area contributed by atoms with Gasteiger partial charge in [0.05, 0.1) is 44.9 Å². The summed E-state index contributed by atoms with van der Waals surface area (Å²) in [6.07, 6.45) is 0. The lowest BCUT2D eigenvalue weighted by Crippen LogP contribution is -2.61. The van der Waals surface area contributed by atoms with Crippen LogP contribution in [0.5, 0.6) is 0 Å². The Morgan fingerprint density at radius 1 is 0.306 bits per heavy atom. The maximum atomic E-state index is 14.3. The van der Waals surface area contributed by atoms with E-state index < -0.39 is 11.9 Å². The third kappa shape index (κ3) is 11.9.